The van der Waals surface area contributed by atoms with Crippen LogP contribution in [0.3, 0.4) is 0 Å². The summed E-state index contributed by atoms with van der Waals surface area (Å²) in [4.78, 5) is 0. The second kappa shape index (κ2) is 5.19. The lowest BCUT2D eigenvalue weighted by Gasteiger charge is -2.32. The van der Waals surface area contributed by atoms with Crippen LogP contribution in [0, 0.1) is 11.8 Å². The molecule has 0 radical (unpaired) electrons. The molecule has 1 N–H and O–H groups in total. The monoisotopic (exact) mass is 223 g/mol. The molecule has 2 unspecified atom stereocenters. The van der Waals surface area contributed by atoms with E-state index in [1.165, 1.54) is 0 Å². The second-order valence-corrected chi connectivity index (χ2v) is 4.89. The predicted octanol–water partition coefficient (Wildman–Crippen LogP) is 3.35. The van der Waals surface area contributed by atoms with Crippen LogP contribution >= 0.6 is 0 Å². The molecule has 2 atom stereocenters. The lowest BCUT2D eigenvalue weighted by molar-refractivity contribution is -0.183. The Morgan fingerprint density at radius 1 is 1.33 bits per heavy atom. The first-order chi connectivity index (χ1) is 6.89. The first kappa shape index (κ1) is 12.8. The van der Waals surface area contributed by atoms with E-state index in [1.807, 2.05) is 0 Å². The molecule has 1 rings (SSSR count). The minimum atomic E-state index is -4.00. The molecule has 1 nitrogen and oxygen atoms in total. The zero-order chi connectivity index (χ0) is 11.5. The maximum absolute atomic E-state index is 12.5. The topological polar surface area (TPSA) is 12.0 Å². The van der Waals surface area contributed by atoms with E-state index in [2.05, 4.69) is 19.2 Å². The first-order valence-electron chi connectivity index (χ1n) is 5.69. The van der Waals surface area contributed by atoms with E-state index < -0.39 is 12.1 Å². The number of halogens is 3. The van der Waals surface area contributed by atoms with Crippen molar-refractivity contribution in [2.24, 2.45) is 11.8 Å². The Morgan fingerprint density at radius 2 is 2.00 bits per heavy atom. The minimum Gasteiger partial charge on any atom is -0.314 e. The molecule has 1 heterocycles. The van der Waals surface area contributed by atoms with Crippen LogP contribution < -0.4 is 5.32 Å². The molecule has 1 aliphatic heterocycles. The van der Waals surface area contributed by atoms with Gasteiger partial charge in [0, 0.05) is 6.04 Å². The van der Waals surface area contributed by atoms with Crippen molar-refractivity contribution in [1.82, 2.24) is 5.32 Å². The highest BCUT2D eigenvalue weighted by molar-refractivity contribution is 4.82. The Labute approximate surface area is 89.4 Å². The van der Waals surface area contributed by atoms with Crippen LogP contribution in [0.1, 0.15) is 39.5 Å². The third kappa shape index (κ3) is 4.41. The molecule has 0 aromatic heterocycles. The predicted molar refractivity (Wildman–Crippen MR) is 54.6 cm³/mol. The van der Waals surface area contributed by atoms with E-state index in [1.54, 1.807) is 0 Å². The fraction of sp³-hybridized carbons (Fsp3) is 1.00. The van der Waals surface area contributed by atoms with Gasteiger partial charge in [-0.1, -0.05) is 13.8 Å². The van der Waals surface area contributed by atoms with E-state index in [0.29, 0.717) is 12.5 Å². The number of rotatable bonds is 3. The van der Waals surface area contributed by atoms with Crippen LogP contribution in [0.5, 0.6) is 0 Å². The lowest BCUT2D eigenvalue weighted by atomic mass is 9.88. The average molecular weight is 223 g/mol. The van der Waals surface area contributed by atoms with Crippen molar-refractivity contribution in [3.05, 3.63) is 0 Å². The van der Waals surface area contributed by atoms with Crippen LogP contribution in [0.2, 0.25) is 0 Å². The zero-order valence-electron chi connectivity index (χ0n) is 9.40. The maximum Gasteiger partial charge on any atom is 0.391 e. The van der Waals surface area contributed by atoms with Crippen molar-refractivity contribution in [3.63, 3.8) is 0 Å². The molecule has 0 bridgehead atoms. The van der Waals surface area contributed by atoms with E-state index in [0.717, 1.165) is 12.8 Å². The maximum atomic E-state index is 12.5. The molecular weight excluding hydrogens is 203 g/mol. The fourth-order valence-corrected chi connectivity index (χ4v) is 2.06. The normalized spacial score (nSPS) is 28.4. The van der Waals surface area contributed by atoms with Crippen molar-refractivity contribution in [2.45, 2.75) is 51.7 Å². The van der Waals surface area contributed by atoms with E-state index in [-0.39, 0.29) is 18.9 Å². The number of alkyl halides is 3. The first-order valence-corrected chi connectivity index (χ1v) is 5.69. The molecule has 0 aromatic rings. The number of nitrogens with one attached hydrogen (secondary N) is 1. The van der Waals surface area contributed by atoms with Gasteiger partial charge < -0.3 is 5.32 Å². The van der Waals surface area contributed by atoms with Gasteiger partial charge in [0.25, 0.3) is 0 Å². The summed E-state index contributed by atoms with van der Waals surface area (Å²) in [6.07, 6.45) is -1.64. The molecule has 0 saturated carbocycles. The summed E-state index contributed by atoms with van der Waals surface area (Å²) in [5, 5.41) is 3.18. The van der Waals surface area contributed by atoms with Gasteiger partial charge in [-0.25, -0.2) is 0 Å². The van der Waals surface area contributed by atoms with Crippen molar-refractivity contribution in [1.29, 1.82) is 0 Å². The summed E-state index contributed by atoms with van der Waals surface area (Å²) in [5.41, 5.74) is 0. The van der Waals surface area contributed by atoms with Crippen molar-refractivity contribution in [3.8, 4) is 0 Å². The van der Waals surface area contributed by atoms with E-state index >= 15 is 0 Å². The highest BCUT2D eigenvalue weighted by atomic mass is 19.4. The van der Waals surface area contributed by atoms with E-state index in [4.69, 9.17) is 0 Å². The van der Waals surface area contributed by atoms with E-state index in [9.17, 15) is 13.2 Å². The van der Waals surface area contributed by atoms with Gasteiger partial charge in [-0.3, -0.25) is 0 Å². The van der Waals surface area contributed by atoms with Gasteiger partial charge in [-0.2, -0.15) is 13.2 Å². The van der Waals surface area contributed by atoms with Gasteiger partial charge in [0.05, 0.1) is 5.92 Å². The van der Waals surface area contributed by atoms with Crippen LogP contribution in [0.15, 0.2) is 0 Å². The Morgan fingerprint density at radius 3 is 2.53 bits per heavy atom. The molecule has 1 aliphatic rings. The van der Waals surface area contributed by atoms with Gasteiger partial charge in [-0.05, 0) is 38.1 Å². The van der Waals surface area contributed by atoms with Gasteiger partial charge in [0.2, 0.25) is 0 Å². The quantitative estimate of drug-likeness (QED) is 0.773. The van der Waals surface area contributed by atoms with Crippen LogP contribution in [-0.2, 0) is 0 Å². The summed E-state index contributed by atoms with van der Waals surface area (Å²) in [6.45, 7) is 4.71. The summed E-state index contributed by atoms with van der Waals surface area (Å²) in [6, 6.07) is 0.0628. The molecule has 0 aliphatic carbocycles. The smallest absolute Gasteiger partial charge is 0.314 e. The molecule has 4 heteroatoms. The van der Waals surface area contributed by atoms with Crippen LogP contribution in [0.25, 0.3) is 0 Å². The largest absolute Gasteiger partial charge is 0.391 e. The summed E-state index contributed by atoms with van der Waals surface area (Å²) >= 11 is 0. The third-order valence-electron chi connectivity index (χ3n) is 3.05. The van der Waals surface area contributed by atoms with Crippen molar-refractivity contribution >= 4 is 0 Å². The highest BCUT2D eigenvalue weighted by Gasteiger charge is 2.41. The lowest BCUT2D eigenvalue weighted by Crippen LogP contribution is -2.42. The van der Waals surface area contributed by atoms with Crippen molar-refractivity contribution < 1.29 is 13.2 Å². The van der Waals surface area contributed by atoms with Gasteiger partial charge in [0.15, 0.2) is 0 Å². The molecule has 0 aromatic carbocycles. The molecule has 1 saturated heterocycles. The average Bonchev–Trinajstić information content (AvgIpc) is 2.14. The molecule has 0 amide bonds. The Hall–Kier alpha value is -0.250. The van der Waals surface area contributed by atoms with Crippen LogP contribution in [-0.4, -0.2) is 18.8 Å². The second-order valence-electron chi connectivity index (χ2n) is 4.89. The zero-order valence-corrected chi connectivity index (χ0v) is 9.40. The molecule has 15 heavy (non-hydrogen) atoms. The highest BCUT2D eigenvalue weighted by Crippen LogP contribution is 2.34. The summed E-state index contributed by atoms with van der Waals surface area (Å²) < 4.78 is 37.5. The van der Waals surface area contributed by atoms with Crippen molar-refractivity contribution in [2.75, 3.05) is 6.54 Å². The molecular formula is C11H20F3N. The number of piperidine rings is 1. The third-order valence-corrected chi connectivity index (χ3v) is 3.05. The van der Waals surface area contributed by atoms with Gasteiger partial charge in [-0.15, -0.1) is 0 Å². The molecule has 0 spiro atoms. The Balaban J connectivity index is 2.36. The Kier molecular flexibility index (Phi) is 4.44. The number of hydrogen-bond donors (Lipinski definition) is 1. The van der Waals surface area contributed by atoms with Crippen LogP contribution in [0.4, 0.5) is 13.2 Å². The number of hydrogen-bond acceptors (Lipinski definition) is 1. The Bertz CT molecular complexity index is 189. The minimum absolute atomic E-state index is 0.0628. The summed E-state index contributed by atoms with van der Waals surface area (Å²) in [7, 11) is 0. The fourth-order valence-electron chi connectivity index (χ4n) is 2.06. The molecule has 90 valence electrons. The van der Waals surface area contributed by atoms with Gasteiger partial charge in [0.1, 0.15) is 0 Å². The summed E-state index contributed by atoms with van der Waals surface area (Å²) in [5.74, 6) is -0.519. The standard InChI is InChI=1S/C11H20F3N/c1-8(2)3-4-10-7-9(5-6-15-10)11(12,13)14/h8-10,15H,3-7H2,1-2H3. The van der Waals surface area contributed by atoms with Gasteiger partial charge >= 0.3 is 6.18 Å². The SMILES string of the molecule is CC(C)CCC1CC(C(F)(F)F)CCN1. The molecule has 1 fully saturated rings.